The van der Waals surface area contributed by atoms with E-state index in [0.717, 1.165) is 18.5 Å². The van der Waals surface area contributed by atoms with Crippen molar-refractivity contribution >= 4 is 15.9 Å². The summed E-state index contributed by atoms with van der Waals surface area (Å²) >= 11 is 3.49. The molecule has 2 nitrogen and oxygen atoms in total. The molecular formula is C16H23BrN2. The van der Waals surface area contributed by atoms with Gasteiger partial charge in [-0.1, -0.05) is 28.1 Å². The molecule has 0 bridgehead atoms. The highest BCUT2D eigenvalue weighted by molar-refractivity contribution is 9.10. The van der Waals surface area contributed by atoms with Crippen LogP contribution in [0.2, 0.25) is 0 Å². The van der Waals surface area contributed by atoms with Crippen molar-refractivity contribution in [3.63, 3.8) is 0 Å². The van der Waals surface area contributed by atoms with Gasteiger partial charge in [-0.25, -0.2) is 0 Å². The van der Waals surface area contributed by atoms with Crippen molar-refractivity contribution in [1.29, 1.82) is 0 Å². The Bertz CT molecular complexity index is 392. The molecule has 1 saturated carbocycles. The molecule has 1 aliphatic heterocycles. The second-order valence-electron chi connectivity index (χ2n) is 6.03. The van der Waals surface area contributed by atoms with E-state index < -0.39 is 0 Å². The van der Waals surface area contributed by atoms with Crippen LogP contribution in [0.25, 0.3) is 0 Å². The average Bonchev–Trinajstić information content (AvgIpc) is 3.25. The first-order chi connectivity index (χ1) is 9.29. The predicted molar refractivity (Wildman–Crippen MR) is 83.2 cm³/mol. The fraction of sp³-hybridized carbons (Fsp3) is 0.625. The number of nitrogens with zero attached hydrogens (tertiary/aromatic N) is 1. The first kappa shape index (κ1) is 13.6. The third kappa shape index (κ3) is 4.30. The van der Waals surface area contributed by atoms with Crippen molar-refractivity contribution in [2.75, 3.05) is 19.6 Å². The van der Waals surface area contributed by atoms with E-state index in [1.54, 1.807) is 0 Å². The normalized spacial score (nSPS) is 21.7. The molecule has 2 fully saturated rings. The van der Waals surface area contributed by atoms with Gasteiger partial charge in [0, 0.05) is 17.1 Å². The van der Waals surface area contributed by atoms with Crippen molar-refractivity contribution < 1.29 is 0 Å². The van der Waals surface area contributed by atoms with Crippen molar-refractivity contribution in [2.24, 2.45) is 5.92 Å². The fourth-order valence-corrected chi connectivity index (χ4v) is 3.06. The maximum Gasteiger partial charge on any atom is 0.0233 e. The van der Waals surface area contributed by atoms with Crippen LogP contribution in [0.1, 0.15) is 31.2 Å². The summed E-state index contributed by atoms with van der Waals surface area (Å²) < 4.78 is 1.17. The van der Waals surface area contributed by atoms with Gasteiger partial charge in [0.15, 0.2) is 0 Å². The Labute approximate surface area is 124 Å². The molecule has 0 atom stereocenters. The fourth-order valence-electron chi connectivity index (χ4n) is 2.80. The summed E-state index contributed by atoms with van der Waals surface area (Å²) in [5.74, 6) is 1.00. The minimum Gasteiger partial charge on any atom is -0.314 e. The highest BCUT2D eigenvalue weighted by Crippen LogP contribution is 2.28. The van der Waals surface area contributed by atoms with Crippen molar-refractivity contribution in [1.82, 2.24) is 10.2 Å². The van der Waals surface area contributed by atoms with Crippen LogP contribution in [-0.2, 0) is 6.54 Å². The molecule has 0 aromatic heterocycles. The van der Waals surface area contributed by atoms with Crippen LogP contribution in [0.4, 0.5) is 0 Å². The summed E-state index contributed by atoms with van der Waals surface area (Å²) in [6.45, 7) is 4.83. The topological polar surface area (TPSA) is 15.3 Å². The van der Waals surface area contributed by atoms with E-state index in [9.17, 15) is 0 Å². The largest absolute Gasteiger partial charge is 0.314 e. The quantitative estimate of drug-likeness (QED) is 0.893. The molecule has 104 valence electrons. The number of hydrogen-bond donors (Lipinski definition) is 1. The Morgan fingerprint density at radius 2 is 1.74 bits per heavy atom. The first-order valence-electron chi connectivity index (χ1n) is 7.50. The average molecular weight is 323 g/mol. The first-order valence-corrected chi connectivity index (χ1v) is 8.29. The number of hydrogen-bond acceptors (Lipinski definition) is 2. The molecule has 0 spiro atoms. The molecule has 1 N–H and O–H groups in total. The van der Waals surface area contributed by atoms with Crippen LogP contribution in [-0.4, -0.2) is 30.6 Å². The van der Waals surface area contributed by atoms with Crippen molar-refractivity contribution in [3.8, 4) is 0 Å². The predicted octanol–water partition coefficient (Wildman–Crippen LogP) is 3.41. The minimum atomic E-state index is 0.766. The van der Waals surface area contributed by atoms with E-state index in [4.69, 9.17) is 0 Å². The van der Waals surface area contributed by atoms with Gasteiger partial charge in [0.25, 0.3) is 0 Å². The van der Waals surface area contributed by atoms with E-state index in [1.807, 2.05) is 0 Å². The summed E-state index contributed by atoms with van der Waals surface area (Å²) in [6, 6.07) is 9.49. The van der Waals surface area contributed by atoms with Crippen LogP contribution in [0.3, 0.4) is 0 Å². The van der Waals surface area contributed by atoms with Crippen LogP contribution in [0.15, 0.2) is 28.7 Å². The third-order valence-electron chi connectivity index (χ3n) is 4.30. The number of halogens is 1. The molecule has 3 rings (SSSR count). The monoisotopic (exact) mass is 322 g/mol. The summed E-state index contributed by atoms with van der Waals surface area (Å²) in [5, 5.41) is 3.74. The second-order valence-corrected chi connectivity index (χ2v) is 6.94. The molecule has 1 aromatic rings. The summed E-state index contributed by atoms with van der Waals surface area (Å²) in [7, 11) is 0. The smallest absolute Gasteiger partial charge is 0.0233 e. The van der Waals surface area contributed by atoms with Gasteiger partial charge in [0.05, 0.1) is 0 Å². The Balaban J connectivity index is 1.40. The van der Waals surface area contributed by atoms with Crippen molar-refractivity contribution in [2.45, 2.75) is 38.3 Å². The number of benzene rings is 1. The second kappa shape index (κ2) is 6.38. The van der Waals surface area contributed by atoms with Gasteiger partial charge in [-0.15, -0.1) is 0 Å². The Morgan fingerprint density at radius 3 is 2.37 bits per heavy atom. The zero-order chi connectivity index (χ0) is 13.1. The number of likely N-dealkylation sites (tertiary alicyclic amines) is 1. The Hall–Kier alpha value is -0.380. The SMILES string of the molecule is Brc1ccc(CN2CCC(NCC3CC3)CC2)cc1. The van der Waals surface area contributed by atoms with Gasteiger partial charge < -0.3 is 5.32 Å². The molecule has 19 heavy (non-hydrogen) atoms. The van der Waals surface area contributed by atoms with E-state index in [0.29, 0.717) is 0 Å². The third-order valence-corrected chi connectivity index (χ3v) is 4.83. The van der Waals surface area contributed by atoms with Gasteiger partial charge in [0.1, 0.15) is 0 Å². The molecule has 0 radical (unpaired) electrons. The molecule has 3 heteroatoms. The Kier molecular flexibility index (Phi) is 4.57. The highest BCUT2D eigenvalue weighted by atomic mass is 79.9. The van der Waals surface area contributed by atoms with Gasteiger partial charge >= 0.3 is 0 Å². The molecule has 0 unspecified atom stereocenters. The highest BCUT2D eigenvalue weighted by Gasteiger charge is 2.24. The minimum absolute atomic E-state index is 0.766. The molecular weight excluding hydrogens is 300 g/mol. The lowest BCUT2D eigenvalue weighted by Crippen LogP contribution is -2.42. The molecule has 1 saturated heterocycles. The van der Waals surface area contributed by atoms with E-state index >= 15 is 0 Å². The number of piperidine rings is 1. The van der Waals surface area contributed by atoms with Crippen molar-refractivity contribution in [3.05, 3.63) is 34.3 Å². The molecule has 1 aliphatic carbocycles. The zero-order valence-electron chi connectivity index (χ0n) is 11.4. The number of rotatable bonds is 5. The van der Waals surface area contributed by atoms with E-state index in [2.05, 4.69) is 50.4 Å². The van der Waals surface area contributed by atoms with Crippen LogP contribution in [0, 0.1) is 5.92 Å². The Morgan fingerprint density at radius 1 is 1.05 bits per heavy atom. The standard InChI is InChI=1S/C16H23BrN2/c17-15-5-3-14(4-6-15)12-19-9-7-16(8-10-19)18-11-13-1-2-13/h3-6,13,16,18H,1-2,7-12H2. The zero-order valence-corrected chi connectivity index (χ0v) is 13.0. The molecule has 1 aromatic carbocycles. The summed E-state index contributed by atoms with van der Waals surface area (Å²) in [6.07, 6.45) is 5.53. The van der Waals surface area contributed by atoms with Gasteiger partial charge in [-0.05, 0) is 68.9 Å². The maximum absolute atomic E-state index is 3.74. The van der Waals surface area contributed by atoms with Gasteiger partial charge in [-0.2, -0.15) is 0 Å². The molecule has 0 amide bonds. The van der Waals surface area contributed by atoms with Gasteiger partial charge in [0.2, 0.25) is 0 Å². The lowest BCUT2D eigenvalue weighted by atomic mass is 10.0. The lowest BCUT2D eigenvalue weighted by Gasteiger charge is -2.32. The summed E-state index contributed by atoms with van der Waals surface area (Å²) in [5.41, 5.74) is 1.42. The van der Waals surface area contributed by atoms with Gasteiger partial charge in [-0.3, -0.25) is 4.90 Å². The molecule has 1 heterocycles. The van der Waals surface area contributed by atoms with E-state index in [1.165, 1.54) is 55.4 Å². The lowest BCUT2D eigenvalue weighted by molar-refractivity contribution is 0.190. The molecule has 2 aliphatic rings. The van der Waals surface area contributed by atoms with E-state index in [-0.39, 0.29) is 0 Å². The number of nitrogens with one attached hydrogen (secondary N) is 1. The summed E-state index contributed by atoms with van der Waals surface area (Å²) in [4.78, 5) is 2.58. The maximum atomic E-state index is 3.74. The van der Waals surface area contributed by atoms with Crippen LogP contribution in [0.5, 0.6) is 0 Å². The van der Waals surface area contributed by atoms with Crippen LogP contribution >= 0.6 is 15.9 Å². The van der Waals surface area contributed by atoms with Crippen LogP contribution < -0.4 is 5.32 Å².